The second kappa shape index (κ2) is 3.73. The molecule has 0 saturated heterocycles. The number of nitrogens with zero attached hydrogens (tertiary/aromatic N) is 4. The van der Waals surface area contributed by atoms with Crippen LogP contribution in [0.4, 0.5) is 0 Å². The third-order valence-electron chi connectivity index (χ3n) is 2.08. The Morgan fingerprint density at radius 3 is 2.38 bits per heavy atom. The smallest absolute Gasteiger partial charge is 0.338 e. The zero-order valence-electron chi connectivity index (χ0n) is 8.88. The number of aryl methyl sites for hydroxylation is 2. The minimum absolute atomic E-state index is 0.0604. The van der Waals surface area contributed by atoms with Gasteiger partial charge in [0.2, 0.25) is 0 Å². The maximum Gasteiger partial charge on any atom is 0.338 e. The molecule has 6 heteroatoms. The normalized spacial score (nSPS) is 10.4. The van der Waals surface area contributed by atoms with Crippen LogP contribution in [0.3, 0.4) is 0 Å². The first-order valence-electron chi connectivity index (χ1n) is 4.67. The van der Waals surface area contributed by atoms with Crippen LogP contribution in [0.5, 0.6) is 0 Å². The summed E-state index contributed by atoms with van der Waals surface area (Å²) in [5.41, 5.74) is 1.83. The van der Waals surface area contributed by atoms with Gasteiger partial charge >= 0.3 is 5.97 Å². The van der Waals surface area contributed by atoms with E-state index in [9.17, 15) is 4.79 Å². The maximum atomic E-state index is 10.6. The summed E-state index contributed by atoms with van der Waals surface area (Å²) in [5.74, 6) is -0.671. The van der Waals surface area contributed by atoms with Crippen LogP contribution >= 0.6 is 0 Å². The zero-order chi connectivity index (χ0) is 11.7. The van der Waals surface area contributed by atoms with E-state index in [0.29, 0.717) is 5.95 Å². The molecule has 0 amide bonds. The van der Waals surface area contributed by atoms with Gasteiger partial charge in [-0.3, -0.25) is 0 Å². The van der Waals surface area contributed by atoms with Gasteiger partial charge in [0.1, 0.15) is 0 Å². The van der Waals surface area contributed by atoms with E-state index < -0.39 is 5.97 Å². The van der Waals surface area contributed by atoms with Crippen LogP contribution in [0.1, 0.15) is 21.7 Å². The molecule has 0 atom stereocenters. The predicted molar refractivity (Wildman–Crippen MR) is 55.6 cm³/mol. The van der Waals surface area contributed by atoms with Gasteiger partial charge in [0.15, 0.2) is 0 Å². The molecule has 0 aliphatic carbocycles. The van der Waals surface area contributed by atoms with Crippen molar-refractivity contribution in [1.82, 2.24) is 19.7 Å². The third kappa shape index (κ3) is 1.77. The Bertz CT molecular complexity index is 530. The topological polar surface area (TPSA) is 80.9 Å². The Hall–Kier alpha value is -2.24. The minimum Gasteiger partial charge on any atom is -0.478 e. The molecule has 2 aromatic rings. The highest BCUT2D eigenvalue weighted by Gasteiger charge is 2.08. The first kappa shape index (κ1) is 10.3. The summed E-state index contributed by atoms with van der Waals surface area (Å²) < 4.78 is 1.57. The van der Waals surface area contributed by atoms with Gasteiger partial charge in [-0.15, -0.1) is 0 Å². The van der Waals surface area contributed by atoms with Crippen LogP contribution in [-0.2, 0) is 0 Å². The number of hydrogen-bond donors (Lipinski definition) is 1. The van der Waals surface area contributed by atoms with Crippen molar-refractivity contribution in [2.75, 3.05) is 0 Å². The highest BCUT2D eigenvalue weighted by molar-refractivity contribution is 5.86. The van der Waals surface area contributed by atoms with Crippen molar-refractivity contribution in [2.45, 2.75) is 13.8 Å². The molecule has 0 aliphatic rings. The average molecular weight is 218 g/mol. The highest BCUT2D eigenvalue weighted by Crippen LogP contribution is 2.07. The molecule has 0 fully saturated rings. The van der Waals surface area contributed by atoms with Crippen LogP contribution < -0.4 is 0 Å². The molecule has 82 valence electrons. The van der Waals surface area contributed by atoms with Crippen LogP contribution in [0.25, 0.3) is 5.95 Å². The maximum absolute atomic E-state index is 10.6. The second-order valence-electron chi connectivity index (χ2n) is 3.42. The van der Waals surface area contributed by atoms with Crippen molar-refractivity contribution in [2.24, 2.45) is 0 Å². The molecule has 0 radical (unpaired) electrons. The molecule has 0 unspecified atom stereocenters. The van der Waals surface area contributed by atoms with Crippen molar-refractivity contribution in [3.8, 4) is 5.95 Å². The van der Waals surface area contributed by atoms with Crippen molar-refractivity contribution < 1.29 is 9.90 Å². The second-order valence-corrected chi connectivity index (χ2v) is 3.42. The summed E-state index contributed by atoms with van der Waals surface area (Å²) in [5, 5.41) is 12.9. The average Bonchev–Trinajstić information content (AvgIpc) is 2.58. The Balaban J connectivity index is 2.42. The fraction of sp³-hybridized carbons (Fsp3) is 0.200. The van der Waals surface area contributed by atoms with E-state index in [1.54, 1.807) is 4.68 Å². The number of hydrogen-bond acceptors (Lipinski definition) is 4. The largest absolute Gasteiger partial charge is 0.478 e. The first-order valence-corrected chi connectivity index (χ1v) is 4.67. The fourth-order valence-electron chi connectivity index (χ4n) is 1.37. The molecule has 0 saturated carbocycles. The number of aromatic nitrogens is 4. The predicted octanol–water partition coefficient (Wildman–Crippen LogP) is 0.977. The van der Waals surface area contributed by atoms with Gasteiger partial charge in [0.25, 0.3) is 5.95 Å². The van der Waals surface area contributed by atoms with Gasteiger partial charge in [0.05, 0.1) is 11.3 Å². The van der Waals surface area contributed by atoms with E-state index >= 15 is 0 Å². The van der Waals surface area contributed by atoms with E-state index in [-0.39, 0.29) is 5.56 Å². The lowest BCUT2D eigenvalue weighted by Crippen LogP contribution is -2.07. The van der Waals surface area contributed by atoms with Crippen LogP contribution in [0.2, 0.25) is 0 Å². The Labute approximate surface area is 91.6 Å². The van der Waals surface area contributed by atoms with Crippen LogP contribution in [-0.4, -0.2) is 30.8 Å². The molecule has 0 spiro atoms. The molecule has 0 aromatic carbocycles. The molecular weight excluding hydrogens is 208 g/mol. The van der Waals surface area contributed by atoms with Gasteiger partial charge in [0, 0.05) is 18.1 Å². The quantitative estimate of drug-likeness (QED) is 0.812. The summed E-state index contributed by atoms with van der Waals surface area (Å²) in [6, 6.07) is 1.90. The number of carboxylic acid groups (broad SMARTS) is 1. The lowest BCUT2D eigenvalue weighted by Gasteiger charge is -2.01. The third-order valence-corrected chi connectivity index (χ3v) is 2.08. The van der Waals surface area contributed by atoms with E-state index in [2.05, 4.69) is 15.1 Å². The summed E-state index contributed by atoms with van der Waals surface area (Å²) in [4.78, 5) is 18.5. The van der Waals surface area contributed by atoms with Gasteiger partial charge in [-0.1, -0.05) is 0 Å². The van der Waals surface area contributed by atoms with Crippen molar-refractivity contribution in [3.63, 3.8) is 0 Å². The molecule has 0 bridgehead atoms. The Morgan fingerprint density at radius 2 is 1.94 bits per heavy atom. The van der Waals surface area contributed by atoms with Crippen molar-refractivity contribution in [3.05, 3.63) is 35.4 Å². The molecule has 2 heterocycles. The van der Waals surface area contributed by atoms with Gasteiger partial charge in [-0.05, 0) is 19.9 Å². The number of carboxylic acids is 1. The Morgan fingerprint density at radius 1 is 1.31 bits per heavy atom. The van der Waals surface area contributed by atoms with E-state index in [4.69, 9.17) is 5.11 Å². The van der Waals surface area contributed by atoms with Gasteiger partial charge < -0.3 is 5.11 Å². The Kier molecular flexibility index (Phi) is 2.40. The molecule has 0 aliphatic heterocycles. The van der Waals surface area contributed by atoms with Gasteiger partial charge in [-0.25, -0.2) is 19.4 Å². The van der Waals surface area contributed by atoms with Crippen LogP contribution in [0, 0.1) is 13.8 Å². The van der Waals surface area contributed by atoms with Crippen LogP contribution in [0.15, 0.2) is 18.5 Å². The molecule has 2 rings (SSSR count). The van der Waals surface area contributed by atoms with E-state index in [0.717, 1.165) is 11.4 Å². The monoisotopic (exact) mass is 218 g/mol. The molecule has 1 N–H and O–H groups in total. The van der Waals surface area contributed by atoms with Gasteiger partial charge in [-0.2, -0.15) is 5.10 Å². The lowest BCUT2D eigenvalue weighted by atomic mass is 10.3. The number of rotatable bonds is 2. The summed E-state index contributed by atoms with van der Waals surface area (Å²) in [6.07, 6.45) is 2.53. The molecule has 6 nitrogen and oxygen atoms in total. The van der Waals surface area contributed by atoms with Crippen molar-refractivity contribution in [1.29, 1.82) is 0 Å². The molecular formula is C10H10N4O2. The zero-order valence-corrected chi connectivity index (χ0v) is 8.88. The van der Waals surface area contributed by atoms with Crippen molar-refractivity contribution >= 4 is 5.97 Å². The first-order chi connectivity index (χ1) is 7.58. The van der Waals surface area contributed by atoms with E-state index in [1.165, 1.54) is 12.4 Å². The molecule has 16 heavy (non-hydrogen) atoms. The summed E-state index contributed by atoms with van der Waals surface area (Å²) in [7, 11) is 0. The highest BCUT2D eigenvalue weighted by atomic mass is 16.4. The summed E-state index contributed by atoms with van der Waals surface area (Å²) >= 11 is 0. The fourth-order valence-corrected chi connectivity index (χ4v) is 1.37. The SMILES string of the molecule is Cc1cc(C)n(-c2ncc(C(=O)O)cn2)n1. The molecule has 2 aromatic heterocycles. The number of aromatic carboxylic acids is 1. The standard InChI is InChI=1S/C10H10N4O2/c1-6-3-7(2)14(13-6)10-11-4-8(5-12-10)9(15)16/h3-5H,1-2H3,(H,15,16). The minimum atomic E-state index is -1.04. The van der Waals surface area contributed by atoms with E-state index in [1.807, 2.05) is 19.9 Å². The number of carbonyl (C=O) groups is 1. The lowest BCUT2D eigenvalue weighted by molar-refractivity contribution is 0.0696. The summed E-state index contributed by atoms with van der Waals surface area (Å²) in [6.45, 7) is 3.75.